The Labute approximate surface area is 122 Å². The van der Waals surface area contributed by atoms with Crippen molar-refractivity contribution in [1.82, 2.24) is 20.1 Å². The number of hydrogen-bond donors (Lipinski definition) is 1. The highest BCUT2D eigenvalue weighted by Gasteiger charge is 2.21. The van der Waals surface area contributed by atoms with Crippen molar-refractivity contribution in [2.24, 2.45) is 7.05 Å². The largest absolute Gasteiger partial charge is 0.418 e. The summed E-state index contributed by atoms with van der Waals surface area (Å²) in [4.78, 5) is 0. The molecule has 1 aliphatic rings. The maximum absolute atomic E-state index is 11.3. The average molecular weight is 308 g/mol. The van der Waals surface area contributed by atoms with E-state index in [0.717, 1.165) is 11.4 Å². The van der Waals surface area contributed by atoms with Gasteiger partial charge >= 0.3 is 0 Å². The predicted octanol–water partition coefficient (Wildman–Crippen LogP) is 0.784. The van der Waals surface area contributed by atoms with Crippen molar-refractivity contribution in [3.8, 4) is 11.6 Å². The minimum absolute atomic E-state index is 0.0744. The summed E-state index contributed by atoms with van der Waals surface area (Å²) in [7, 11) is -1.12. The van der Waals surface area contributed by atoms with E-state index in [2.05, 4.69) is 15.5 Å². The summed E-state index contributed by atoms with van der Waals surface area (Å²) in [6.07, 6.45) is 1.63. The second-order valence-corrected chi connectivity index (χ2v) is 7.00. The van der Waals surface area contributed by atoms with Crippen LogP contribution in [0.3, 0.4) is 0 Å². The summed E-state index contributed by atoms with van der Waals surface area (Å²) < 4.78 is 30.2. The van der Waals surface area contributed by atoms with Gasteiger partial charge in [0, 0.05) is 24.2 Å². The molecule has 7 nitrogen and oxygen atoms in total. The standard InChI is InChI=1S/C13H16N4O3S/c1-9-3-4-11(17(9)2)13-16-15-12(20-13)7-14-10-5-6-21(18,19)8-10/h3-6,10,14H,7-8H2,1-2H3/t10-/m0/s1. The van der Waals surface area contributed by atoms with Crippen LogP contribution in [0.2, 0.25) is 0 Å². The summed E-state index contributed by atoms with van der Waals surface area (Å²) in [5.41, 5.74) is 1.96. The van der Waals surface area contributed by atoms with E-state index in [-0.39, 0.29) is 11.8 Å². The van der Waals surface area contributed by atoms with Crippen LogP contribution in [-0.4, -0.2) is 35.0 Å². The zero-order valence-corrected chi connectivity index (χ0v) is 12.6. The van der Waals surface area contributed by atoms with Gasteiger partial charge in [0.2, 0.25) is 5.89 Å². The molecule has 1 N–H and O–H groups in total. The molecule has 0 fully saturated rings. The Morgan fingerprint density at radius 1 is 1.43 bits per heavy atom. The minimum Gasteiger partial charge on any atom is -0.418 e. The SMILES string of the molecule is Cc1ccc(-c2nnc(CN[C@H]3C=CS(=O)(=O)C3)o2)n1C. The monoisotopic (exact) mass is 308 g/mol. The number of nitrogens with zero attached hydrogens (tertiary/aromatic N) is 3. The predicted molar refractivity (Wildman–Crippen MR) is 77.0 cm³/mol. The molecule has 0 saturated carbocycles. The van der Waals surface area contributed by atoms with E-state index in [4.69, 9.17) is 4.42 Å². The molecule has 0 aromatic carbocycles. The van der Waals surface area contributed by atoms with E-state index in [1.807, 2.05) is 30.7 Å². The van der Waals surface area contributed by atoms with Crippen molar-refractivity contribution in [3.05, 3.63) is 35.2 Å². The normalized spacial score (nSPS) is 20.2. The van der Waals surface area contributed by atoms with Gasteiger partial charge in [-0.2, -0.15) is 0 Å². The van der Waals surface area contributed by atoms with Gasteiger partial charge in [-0.15, -0.1) is 10.2 Å². The van der Waals surface area contributed by atoms with Crippen molar-refractivity contribution in [1.29, 1.82) is 0 Å². The fourth-order valence-electron chi connectivity index (χ4n) is 2.18. The third kappa shape index (κ3) is 2.91. The highest BCUT2D eigenvalue weighted by Crippen LogP contribution is 2.20. The summed E-state index contributed by atoms with van der Waals surface area (Å²) in [6, 6.07) is 3.69. The molecule has 2 aromatic heterocycles. The Kier molecular flexibility index (Phi) is 3.42. The first-order valence-corrected chi connectivity index (χ1v) is 8.25. The Balaban J connectivity index is 1.66. The fourth-order valence-corrected chi connectivity index (χ4v) is 3.45. The third-order valence-corrected chi connectivity index (χ3v) is 4.90. The number of nitrogens with one attached hydrogen (secondary N) is 1. The van der Waals surface area contributed by atoms with Gasteiger partial charge in [-0.05, 0) is 19.1 Å². The maximum Gasteiger partial charge on any atom is 0.264 e. The molecule has 1 aliphatic heterocycles. The van der Waals surface area contributed by atoms with E-state index < -0.39 is 9.84 Å². The second kappa shape index (κ2) is 5.12. The quantitative estimate of drug-likeness (QED) is 0.898. The molecule has 0 radical (unpaired) electrons. The molecule has 2 aromatic rings. The van der Waals surface area contributed by atoms with Gasteiger partial charge in [0.05, 0.1) is 12.3 Å². The molecule has 21 heavy (non-hydrogen) atoms. The van der Waals surface area contributed by atoms with E-state index in [1.165, 1.54) is 5.41 Å². The molecule has 0 amide bonds. The van der Waals surface area contributed by atoms with Crippen LogP contribution in [0.4, 0.5) is 0 Å². The number of sulfone groups is 1. The van der Waals surface area contributed by atoms with E-state index in [1.54, 1.807) is 6.08 Å². The zero-order valence-electron chi connectivity index (χ0n) is 11.8. The van der Waals surface area contributed by atoms with Gasteiger partial charge in [0.1, 0.15) is 5.69 Å². The molecule has 0 spiro atoms. The van der Waals surface area contributed by atoms with Crippen LogP contribution in [0.15, 0.2) is 28.0 Å². The first-order valence-electron chi connectivity index (χ1n) is 6.54. The van der Waals surface area contributed by atoms with Gasteiger partial charge in [-0.25, -0.2) is 8.42 Å². The van der Waals surface area contributed by atoms with Gasteiger partial charge < -0.3 is 14.3 Å². The fraction of sp³-hybridized carbons (Fsp3) is 0.385. The molecule has 3 rings (SSSR count). The molecule has 112 valence electrons. The number of rotatable bonds is 4. The third-order valence-electron chi connectivity index (χ3n) is 3.50. The molecule has 0 bridgehead atoms. The molecule has 3 heterocycles. The first kappa shape index (κ1) is 14.0. The molecule has 8 heteroatoms. The van der Waals surface area contributed by atoms with Crippen molar-refractivity contribution in [2.75, 3.05) is 5.75 Å². The van der Waals surface area contributed by atoms with Crippen molar-refractivity contribution in [2.45, 2.75) is 19.5 Å². The Hall–Kier alpha value is -1.93. The lowest BCUT2D eigenvalue weighted by Crippen LogP contribution is -2.29. The van der Waals surface area contributed by atoms with Crippen molar-refractivity contribution in [3.63, 3.8) is 0 Å². The summed E-state index contributed by atoms with van der Waals surface area (Å²) in [5.74, 6) is 0.962. The van der Waals surface area contributed by atoms with Crippen LogP contribution >= 0.6 is 0 Å². The molecule has 0 saturated heterocycles. The zero-order chi connectivity index (χ0) is 15.0. The van der Waals surface area contributed by atoms with Gasteiger partial charge in [-0.1, -0.05) is 6.08 Å². The van der Waals surface area contributed by atoms with Crippen molar-refractivity contribution < 1.29 is 12.8 Å². The summed E-state index contributed by atoms with van der Waals surface area (Å²) in [5, 5.41) is 12.3. The van der Waals surface area contributed by atoms with Crippen LogP contribution < -0.4 is 5.32 Å². The van der Waals surface area contributed by atoms with Gasteiger partial charge in [0.25, 0.3) is 5.89 Å². The lowest BCUT2D eigenvalue weighted by Gasteiger charge is -2.06. The Bertz CT molecular complexity index is 788. The maximum atomic E-state index is 11.3. The minimum atomic E-state index is -3.05. The molecular formula is C13H16N4O3S. The topological polar surface area (TPSA) is 90.0 Å². The van der Waals surface area contributed by atoms with Crippen LogP contribution in [-0.2, 0) is 23.4 Å². The van der Waals surface area contributed by atoms with E-state index >= 15 is 0 Å². The van der Waals surface area contributed by atoms with Crippen LogP contribution in [0, 0.1) is 6.92 Å². The molecule has 0 unspecified atom stereocenters. The highest BCUT2D eigenvalue weighted by molar-refractivity contribution is 7.94. The van der Waals surface area contributed by atoms with E-state index in [0.29, 0.717) is 18.3 Å². The lowest BCUT2D eigenvalue weighted by atomic mass is 10.3. The van der Waals surface area contributed by atoms with Crippen LogP contribution in [0.25, 0.3) is 11.6 Å². The highest BCUT2D eigenvalue weighted by atomic mass is 32.2. The number of aryl methyl sites for hydroxylation is 1. The van der Waals surface area contributed by atoms with Gasteiger partial charge in [-0.3, -0.25) is 0 Å². The smallest absolute Gasteiger partial charge is 0.264 e. The number of hydrogen-bond acceptors (Lipinski definition) is 6. The Morgan fingerprint density at radius 3 is 2.86 bits per heavy atom. The lowest BCUT2D eigenvalue weighted by molar-refractivity contribution is 0.466. The first-order chi connectivity index (χ1) is 9.94. The van der Waals surface area contributed by atoms with Gasteiger partial charge in [0.15, 0.2) is 9.84 Å². The summed E-state index contributed by atoms with van der Waals surface area (Å²) in [6.45, 7) is 2.33. The van der Waals surface area contributed by atoms with Crippen molar-refractivity contribution >= 4 is 9.84 Å². The van der Waals surface area contributed by atoms with Crippen LogP contribution in [0.1, 0.15) is 11.6 Å². The molecular weight excluding hydrogens is 292 g/mol. The van der Waals surface area contributed by atoms with Crippen LogP contribution in [0.5, 0.6) is 0 Å². The molecule has 1 atom stereocenters. The number of aromatic nitrogens is 3. The average Bonchev–Trinajstić information content (AvgIpc) is 3.09. The Morgan fingerprint density at radius 2 is 2.24 bits per heavy atom. The second-order valence-electron chi connectivity index (χ2n) is 5.07. The van der Waals surface area contributed by atoms with E-state index in [9.17, 15) is 8.42 Å². The molecule has 0 aliphatic carbocycles. The summed E-state index contributed by atoms with van der Waals surface area (Å²) >= 11 is 0.